The van der Waals surface area contributed by atoms with E-state index < -0.39 is 18.0 Å². The second kappa shape index (κ2) is 8.58. The van der Waals surface area contributed by atoms with Crippen molar-refractivity contribution in [2.24, 2.45) is 40.4 Å². The first-order chi connectivity index (χ1) is 15.8. The molecule has 4 aliphatic carbocycles. The van der Waals surface area contributed by atoms with Crippen molar-refractivity contribution < 1.29 is 24.6 Å². The van der Waals surface area contributed by atoms with Crippen LogP contribution in [0.2, 0.25) is 0 Å². The maximum Gasteiger partial charge on any atom is 0.310 e. The predicted molar refractivity (Wildman–Crippen MR) is 131 cm³/mol. The van der Waals surface area contributed by atoms with Crippen molar-refractivity contribution in [1.29, 1.82) is 0 Å². The number of carbonyl (C=O) groups is 3. The van der Waals surface area contributed by atoms with Crippen LogP contribution in [-0.2, 0) is 14.4 Å². The van der Waals surface area contributed by atoms with E-state index in [1.54, 1.807) is 6.92 Å². The number of aliphatic carboxylic acids is 1. The molecule has 0 radical (unpaired) electrons. The molecule has 0 spiro atoms. The molecule has 0 bridgehead atoms. The summed E-state index contributed by atoms with van der Waals surface area (Å²) in [5.74, 6) is -0.570. The fourth-order valence-corrected chi connectivity index (χ4v) is 7.83. The number of rotatable bonds is 6. The highest BCUT2D eigenvalue weighted by atomic mass is 16.4. The minimum absolute atomic E-state index is 0.00904. The molecule has 8 atom stereocenters. The monoisotopic (exact) mass is 468 g/mol. The zero-order valence-corrected chi connectivity index (χ0v) is 21.3. The van der Waals surface area contributed by atoms with Crippen LogP contribution in [0.15, 0.2) is 34.9 Å². The average Bonchev–Trinajstić information content (AvgIpc) is 3.11. The normalized spacial score (nSPS) is 39.1. The molecule has 0 aromatic carbocycles. The minimum atomic E-state index is -0.844. The third kappa shape index (κ3) is 3.66. The van der Waals surface area contributed by atoms with Crippen LogP contribution in [0.5, 0.6) is 0 Å². The summed E-state index contributed by atoms with van der Waals surface area (Å²) in [7, 11) is 0. The summed E-state index contributed by atoms with van der Waals surface area (Å²) in [4.78, 5) is 37.5. The molecule has 4 aliphatic rings. The van der Waals surface area contributed by atoms with Gasteiger partial charge in [0.1, 0.15) is 5.78 Å². The molecule has 0 heterocycles. The van der Waals surface area contributed by atoms with Gasteiger partial charge >= 0.3 is 5.97 Å². The van der Waals surface area contributed by atoms with Gasteiger partial charge < -0.3 is 10.2 Å². The van der Waals surface area contributed by atoms with E-state index in [2.05, 4.69) is 33.4 Å². The van der Waals surface area contributed by atoms with Crippen molar-refractivity contribution in [3.63, 3.8) is 0 Å². The van der Waals surface area contributed by atoms with Gasteiger partial charge in [0.2, 0.25) is 0 Å². The van der Waals surface area contributed by atoms with E-state index >= 15 is 0 Å². The second-order valence-corrected chi connectivity index (χ2v) is 12.0. The van der Waals surface area contributed by atoms with Crippen molar-refractivity contribution in [3.05, 3.63) is 34.9 Å². The van der Waals surface area contributed by atoms with Gasteiger partial charge in [0.15, 0.2) is 5.78 Å². The maximum absolute atomic E-state index is 13.8. The number of hydrogen-bond acceptors (Lipinski definition) is 4. The van der Waals surface area contributed by atoms with Crippen molar-refractivity contribution >= 4 is 17.5 Å². The van der Waals surface area contributed by atoms with Crippen LogP contribution in [-0.4, -0.2) is 33.9 Å². The number of hydrogen-bond donors (Lipinski definition) is 2. The molecule has 0 saturated heterocycles. The molecule has 1 fully saturated rings. The molecule has 1 saturated carbocycles. The van der Waals surface area contributed by atoms with E-state index in [0.29, 0.717) is 38.0 Å². The number of aliphatic hydroxyl groups excluding tert-OH is 1. The Bertz CT molecular complexity index is 1000. The number of carbonyl (C=O) groups excluding carboxylic acids is 2. The van der Waals surface area contributed by atoms with Crippen LogP contribution in [0.1, 0.15) is 79.6 Å². The minimum Gasteiger partial charge on any atom is -0.481 e. The number of Topliss-reactive ketones (excluding diaryl/α,β-unsaturated/α-hetero) is 2. The number of carboxylic acid groups (broad SMARTS) is 1. The lowest BCUT2D eigenvalue weighted by molar-refractivity contribution is -0.140. The van der Waals surface area contributed by atoms with Gasteiger partial charge in [-0.3, -0.25) is 14.4 Å². The Kier molecular flexibility index (Phi) is 6.33. The number of aliphatic hydroxyl groups is 1. The number of fused-ring (bicyclic) bond motifs is 4. The van der Waals surface area contributed by atoms with Gasteiger partial charge in [0, 0.05) is 35.2 Å². The molecule has 0 aromatic heterocycles. The zero-order valence-electron chi connectivity index (χ0n) is 21.3. The van der Waals surface area contributed by atoms with Gasteiger partial charge in [0.25, 0.3) is 0 Å². The van der Waals surface area contributed by atoms with Crippen LogP contribution in [0.4, 0.5) is 0 Å². The first kappa shape index (κ1) is 25.1. The van der Waals surface area contributed by atoms with Gasteiger partial charge in [-0.15, -0.1) is 0 Å². The number of carboxylic acids is 1. The smallest absolute Gasteiger partial charge is 0.310 e. The van der Waals surface area contributed by atoms with E-state index in [1.165, 1.54) is 0 Å². The number of ketones is 2. The molecular formula is C29H40O5. The third-order valence-corrected chi connectivity index (χ3v) is 10.2. The van der Waals surface area contributed by atoms with Crippen molar-refractivity contribution in [2.45, 2.75) is 85.7 Å². The summed E-state index contributed by atoms with van der Waals surface area (Å²) in [5.41, 5.74) is 2.87. The quantitative estimate of drug-likeness (QED) is 0.517. The maximum atomic E-state index is 13.8. The van der Waals surface area contributed by atoms with Crippen LogP contribution in [0, 0.1) is 40.4 Å². The van der Waals surface area contributed by atoms with Crippen LogP contribution < -0.4 is 0 Å². The molecular weight excluding hydrogens is 428 g/mol. The van der Waals surface area contributed by atoms with E-state index in [1.807, 2.05) is 6.92 Å². The van der Waals surface area contributed by atoms with Gasteiger partial charge in [-0.2, -0.15) is 0 Å². The second-order valence-electron chi connectivity index (χ2n) is 12.0. The van der Waals surface area contributed by atoms with Crippen molar-refractivity contribution in [2.75, 3.05) is 0 Å². The average molecular weight is 469 g/mol. The first-order valence-corrected chi connectivity index (χ1v) is 12.9. The molecule has 2 unspecified atom stereocenters. The van der Waals surface area contributed by atoms with E-state index in [-0.39, 0.29) is 40.2 Å². The van der Waals surface area contributed by atoms with E-state index in [4.69, 9.17) is 0 Å². The van der Waals surface area contributed by atoms with Crippen LogP contribution in [0.25, 0.3) is 0 Å². The summed E-state index contributed by atoms with van der Waals surface area (Å²) >= 11 is 0. The number of allylic oxidation sites excluding steroid dienone is 2. The highest BCUT2D eigenvalue weighted by Gasteiger charge is 2.59. The molecule has 34 heavy (non-hydrogen) atoms. The summed E-state index contributed by atoms with van der Waals surface area (Å²) in [6, 6.07) is 0. The molecule has 5 heteroatoms. The highest BCUT2D eigenvalue weighted by molar-refractivity contribution is 6.02. The Hall–Kier alpha value is -2.01. The Morgan fingerprint density at radius 2 is 1.91 bits per heavy atom. The Morgan fingerprint density at radius 3 is 2.56 bits per heavy atom. The van der Waals surface area contributed by atoms with E-state index in [0.717, 1.165) is 35.1 Å². The summed E-state index contributed by atoms with van der Waals surface area (Å²) in [6.45, 7) is 14.2. The Morgan fingerprint density at radius 1 is 1.24 bits per heavy atom. The van der Waals surface area contributed by atoms with Gasteiger partial charge in [0.05, 0.1) is 12.0 Å². The highest BCUT2D eigenvalue weighted by Crippen LogP contribution is 2.63. The van der Waals surface area contributed by atoms with Crippen LogP contribution >= 0.6 is 0 Å². The van der Waals surface area contributed by atoms with Crippen LogP contribution in [0.3, 0.4) is 0 Å². The molecule has 4 rings (SSSR count). The fourth-order valence-electron chi connectivity index (χ4n) is 7.83. The summed E-state index contributed by atoms with van der Waals surface area (Å²) in [5, 5.41) is 20.6. The largest absolute Gasteiger partial charge is 0.481 e. The Labute approximate surface area is 203 Å². The molecule has 2 N–H and O–H groups in total. The first-order valence-electron chi connectivity index (χ1n) is 12.9. The predicted octanol–water partition coefficient (Wildman–Crippen LogP) is 5.29. The third-order valence-electron chi connectivity index (χ3n) is 10.2. The fraction of sp³-hybridized carbons (Fsp3) is 0.690. The molecule has 5 nitrogen and oxygen atoms in total. The van der Waals surface area contributed by atoms with Gasteiger partial charge in [-0.1, -0.05) is 45.9 Å². The molecule has 0 aliphatic heterocycles. The van der Waals surface area contributed by atoms with Crippen molar-refractivity contribution in [1.82, 2.24) is 0 Å². The lowest BCUT2D eigenvalue weighted by Crippen LogP contribution is -2.52. The van der Waals surface area contributed by atoms with Crippen molar-refractivity contribution in [3.8, 4) is 0 Å². The molecule has 0 aromatic rings. The SMILES string of the molecule is C=C(CC[C@@H](C)[C@H]1CC=C2C3=C(C(=O)C[C@@]21C)[C@@]1(C)CCC(=O)[C@@H](C)C1C[C@@H]3O)C(C)C(=O)O. The summed E-state index contributed by atoms with van der Waals surface area (Å²) in [6.07, 6.45) is 6.07. The molecule has 186 valence electrons. The molecule has 0 amide bonds. The topological polar surface area (TPSA) is 91.7 Å². The lowest BCUT2D eigenvalue weighted by Gasteiger charge is -2.54. The zero-order chi connectivity index (χ0) is 25.2. The summed E-state index contributed by atoms with van der Waals surface area (Å²) < 4.78 is 0. The van der Waals surface area contributed by atoms with Gasteiger partial charge in [-0.05, 0) is 67.9 Å². The lowest BCUT2D eigenvalue weighted by atomic mass is 9.49. The van der Waals surface area contributed by atoms with Gasteiger partial charge in [-0.25, -0.2) is 0 Å². The standard InChI is InChI=1S/C29H40O5/c1-15(17(3)27(33)34)7-8-16(2)19-9-10-20-25-23(31)13-21-18(4)22(30)11-12-28(21,5)26(25)24(32)14-29(19,20)6/h10,16-19,21,23,31H,1,7-9,11-14H2,2-6H3,(H,33,34)/t16-,17?,18+,19-,21?,23+,28+,29-/m1/s1. The Balaban J connectivity index is 1.62. The van der Waals surface area contributed by atoms with E-state index in [9.17, 15) is 24.6 Å².